The molecule has 0 saturated carbocycles. The second kappa shape index (κ2) is 9.18. The van der Waals surface area contributed by atoms with Crippen LogP contribution < -0.4 is 15.0 Å². The standard InChI is InChI=1S/C21H21FN2O5/c1-28-16-8-6-14(7-9-16)11-23-19(25)13-29-21(27)15-10-20(26)24(12-15)18-5-3-2-4-17(18)22/h2-9,15H,10-13H2,1H3,(H,23,25)/t15-/m0/s1. The number of halogens is 1. The van der Waals surface area contributed by atoms with Crippen LogP contribution in [-0.4, -0.2) is 38.0 Å². The van der Waals surface area contributed by atoms with Crippen LogP contribution in [0.15, 0.2) is 48.5 Å². The maximum atomic E-state index is 13.9. The number of carbonyl (C=O) groups is 3. The summed E-state index contributed by atoms with van der Waals surface area (Å²) in [4.78, 5) is 37.5. The number of hydrogen-bond donors (Lipinski definition) is 1. The molecule has 0 spiro atoms. The van der Waals surface area contributed by atoms with Gasteiger partial charge in [0.25, 0.3) is 5.91 Å². The summed E-state index contributed by atoms with van der Waals surface area (Å²) >= 11 is 0. The molecule has 1 saturated heterocycles. The molecule has 3 rings (SSSR count). The van der Waals surface area contributed by atoms with Gasteiger partial charge in [0.15, 0.2) is 6.61 Å². The lowest BCUT2D eigenvalue weighted by Gasteiger charge is -2.17. The van der Waals surface area contributed by atoms with Crippen LogP contribution in [0.3, 0.4) is 0 Å². The molecule has 1 aliphatic heterocycles. The molecule has 152 valence electrons. The summed E-state index contributed by atoms with van der Waals surface area (Å²) in [5.74, 6) is -2.03. The second-order valence-corrected chi connectivity index (χ2v) is 6.59. The van der Waals surface area contributed by atoms with Crippen LogP contribution in [0.5, 0.6) is 5.75 Å². The molecular weight excluding hydrogens is 379 g/mol. The van der Waals surface area contributed by atoms with Crippen LogP contribution in [-0.2, 0) is 25.7 Å². The van der Waals surface area contributed by atoms with Crippen LogP contribution in [0, 0.1) is 11.7 Å². The van der Waals surface area contributed by atoms with E-state index >= 15 is 0 Å². The van der Waals surface area contributed by atoms with Gasteiger partial charge >= 0.3 is 5.97 Å². The SMILES string of the molecule is COc1ccc(CNC(=O)COC(=O)[C@H]2CC(=O)N(c3ccccc3F)C2)cc1. The average molecular weight is 400 g/mol. The highest BCUT2D eigenvalue weighted by Gasteiger charge is 2.37. The van der Waals surface area contributed by atoms with Gasteiger partial charge < -0.3 is 19.7 Å². The Morgan fingerprint density at radius 1 is 1.17 bits per heavy atom. The summed E-state index contributed by atoms with van der Waals surface area (Å²) in [6.45, 7) is -0.144. The first-order valence-corrected chi connectivity index (χ1v) is 9.09. The topological polar surface area (TPSA) is 84.9 Å². The fourth-order valence-corrected chi connectivity index (χ4v) is 3.02. The molecule has 1 aliphatic rings. The quantitative estimate of drug-likeness (QED) is 0.719. The van der Waals surface area contributed by atoms with Crippen molar-refractivity contribution < 1.29 is 28.2 Å². The molecule has 2 amide bonds. The van der Waals surface area contributed by atoms with Gasteiger partial charge in [0.1, 0.15) is 11.6 Å². The van der Waals surface area contributed by atoms with E-state index in [0.717, 1.165) is 5.56 Å². The van der Waals surface area contributed by atoms with Gasteiger partial charge in [-0.15, -0.1) is 0 Å². The number of nitrogens with one attached hydrogen (secondary N) is 1. The minimum absolute atomic E-state index is 0.0199. The van der Waals surface area contributed by atoms with Crippen molar-refractivity contribution >= 4 is 23.5 Å². The first kappa shape index (κ1) is 20.3. The normalized spacial score (nSPS) is 15.9. The Morgan fingerprint density at radius 2 is 1.90 bits per heavy atom. The average Bonchev–Trinajstić information content (AvgIpc) is 3.12. The van der Waals surface area contributed by atoms with E-state index in [9.17, 15) is 18.8 Å². The van der Waals surface area contributed by atoms with Gasteiger partial charge in [0.2, 0.25) is 5.91 Å². The Morgan fingerprint density at radius 3 is 2.59 bits per heavy atom. The first-order valence-electron chi connectivity index (χ1n) is 9.09. The van der Waals surface area contributed by atoms with Gasteiger partial charge in [-0.25, -0.2) is 4.39 Å². The van der Waals surface area contributed by atoms with Crippen molar-refractivity contribution in [3.05, 3.63) is 59.9 Å². The molecule has 1 N–H and O–H groups in total. The van der Waals surface area contributed by atoms with E-state index in [1.165, 1.54) is 23.1 Å². The molecule has 8 heteroatoms. The molecule has 2 aromatic carbocycles. The number of anilines is 1. The van der Waals surface area contributed by atoms with Gasteiger partial charge in [-0.1, -0.05) is 24.3 Å². The predicted molar refractivity (Wildman–Crippen MR) is 103 cm³/mol. The Balaban J connectivity index is 1.46. The number of rotatable bonds is 7. The highest BCUT2D eigenvalue weighted by Crippen LogP contribution is 2.27. The summed E-state index contributed by atoms with van der Waals surface area (Å²) in [5.41, 5.74) is 0.998. The smallest absolute Gasteiger partial charge is 0.311 e. The van der Waals surface area contributed by atoms with Crippen LogP contribution in [0.4, 0.5) is 10.1 Å². The van der Waals surface area contributed by atoms with Gasteiger partial charge in [-0.05, 0) is 29.8 Å². The third-order valence-corrected chi connectivity index (χ3v) is 4.60. The minimum Gasteiger partial charge on any atom is -0.497 e. The Kier molecular flexibility index (Phi) is 6.43. The number of benzene rings is 2. The molecule has 0 bridgehead atoms. The largest absolute Gasteiger partial charge is 0.497 e. The molecule has 7 nitrogen and oxygen atoms in total. The molecule has 0 radical (unpaired) electrons. The zero-order chi connectivity index (χ0) is 20.8. The van der Waals surface area contributed by atoms with E-state index in [0.29, 0.717) is 5.75 Å². The molecule has 0 aliphatic carbocycles. The molecular formula is C21H21FN2O5. The van der Waals surface area contributed by atoms with Crippen molar-refractivity contribution in [2.75, 3.05) is 25.2 Å². The highest BCUT2D eigenvalue weighted by atomic mass is 19.1. The Bertz CT molecular complexity index is 900. The first-order chi connectivity index (χ1) is 14.0. The molecule has 1 heterocycles. The number of methoxy groups -OCH3 is 1. The maximum Gasteiger partial charge on any atom is 0.311 e. The van der Waals surface area contributed by atoms with Crippen molar-refractivity contribution in [1.82, 2.24) is 5.32 Å². The van der Waals surface area contributed by atoms with Crippen LogP contribution >= 0.6 is 0 Å². The van der Waals surface area contributed by atoms with Crippen molar-refractivity contribution in [3.8, 4) is 5.75 Å². The number of para-hydroxylation sites is 1. The lowest BCUT2D eigenvalue weighted by Crippen LogP contribution is -2.31. The van der Waals surface area contributed by atoms with E-state index < -0.39 is 30.2 Å². The summed E-state index contributed by atoms with van der Waals surface area (Å²) in [5, 5.41) is 2.65. The fourth-order valence-electron chi connectivity index (χ4n) is 3.02. The molecule has 1 fully saturated rings. The summed E-state index contributed by atoms with van der Waals surface area (Å²) < 4.78 is 24.0. The third-order valence-electron chi connectivity index (χ3n) is 4.60. The summed E-state index contributed by atoms with van der Waals surface area (Å²) in [6, 6.07) is 13.0. The minimum atomic E-state index is -0.739. The molecule has 1 atom stereocenters. The number of ether oxygens (including phenoxy) is 2. The highest BCUT2D eigenvalue weighted by molar-refractivity contribution is 5.99. The van der Waals surface area contributed by atoms with Crippen molar-refractivity contribution in [2.24, 2.45) is 5.92 Å². The van der Waals surface area contributed by atoms with Crippen molar-refractivity contribution in [2.45, 2.75) is 13.0 Å². The van der Waals surface area contributed by atoms with Crippen LogP contribution in [0.25, 0.3) is 0 Å². The lowest BCUT2D eigenvalue weighted by molar-refractivity contribution is -0.152. The monoisotopic (exact) mass is 400 g/mol. The number of amides is 2. The predicted octanol–water partition coefficient (Wildman–Crippen LogP) is 2.05. The van der Waals surface area contributed by atoms with Gasteiger partial charge in [0, 0.05) is 19.5 Å². The Labute approximate surface area is 167 Å². The van der Waals surface area contributed by atoms with Crippen molar-refractivity contribution in [1.29, 1.82) is 0 Å². The molecule has 2 aromatic rings. The zero-order valence-corrected chi connectivity index (χ0v) is 15.9. The van der Waals surface area contributed by atoms with E-state index in [4.69, 9.17) is 9.47 Å². The van der Waals surface area contributed by atoms with Gasteiger partial charge in [-0.3, -0.25) is 14.4 Å². The van der Waals surface area contributed by atoms with E-state index in [2.05, 4.69) is 5.32 Å². The van der Waals surface area contributed by atoms with Gasteiger partial charge in [-0.2, -0.15) is 0 Å². The number of nitrogens with zero attached hydrogens (tertiary/aromatic N) is 1. The molecule has 0 aromatic heterocycles. The lowest BCUT2D eigenvalue weighted by atomic mass is 10.1. The summed E-state index contributed by atoms with van der Waals surface area (Å²) in [7, 11) is 1.57. The summed E-state index contributed by atoms with van der Waals surface area (Å²) in [6.07, 6.45) is -0.0827. The second-order valence-electron chi connectivity index (χ2n) is 6.59. The molecule has 29 heavy (non-hydrogen) atoms. The maximum absolute atomic E-state index is 13.9. The van der Waals surface area contributed by atoms with Crippen molar-refractivity contribution in [3.63, 3.8) is 0 Å². The van der Waals surface area contributed by atoms with E-state index in [-0.39, 0.29) is 31.1 Å². The fraction of sp³-hybridized carbons (Fsp3) is 0.286. The van der Waals surface area contributed by atoms with Gasteiger partial charge in [0.05, 0.1) is 18.7 Å². The van der Waals surface area contributed by atoms with Crippen LogP contribution in [0.1, 0.15) is 12.0 Å². The van der Waals surface area contributed by atoms with E-state index in [1.807, 2.05) is 12.1 Å². The van der Waals surface area contributed by atoms with E-state index in [1.54, 1.807) is 25.3 Å². The number of esters is 1. The number of hydrogen-bond acceptors (Lipinski definition) is 5. The van der Waals surface area contributed by atoms with Crippen LogP contribution in [0.2, 0.25) is 0 Å². The molecule has 0 unspecified atom stereocenters. The zero-order valence-electron chi connectivity index (χ0n) is 15.9. The number of carbonyl (C=O) groups excluding carboxylic acids is 3. The third kappa shape index (κ3) is 5.10. The Hall–Kier alpha value is -3.42.